The lowest BCUT2D eigenvalue weighted by atomic mass is 10.1. The molecule has 0 saturated carbocycles. The van der Waals surface area contributed by atoms with Gasteiger partial charge in [-0.1, -0.05) is 24.3 Å². The highest BCUT2D eigenvalue weighted by atomic mass is 16.5. The van der Waals surface area contributed by atoms with Gasteiger partial charge in [-0.05, 0) is 23.8 Å². The fraction of sp³-hybridized carbons (Fsp3) is 0.125. The number of hydrogen-bond donors (Lipinski definition) is 2. The Labute approximate surface area is 122 Å². The standard InChI is InChI=1S/C16H16N4O/c1-21-15-7-6-11(8-13(15)16(17)18)10-20-14-5-3-2-4-12(14)9-19-20/h2-9H,10H2,1H3,(H3,17,18). The number of rotatable bonds is 4. The van der Waals surface area contributed by atoms with Gasteiger partial charge in [-0.2, -0.15) is 5.10 Å². The van der Waals surface area contributed by atoms with Crippen LogP contribution >= 0.6 is 0 Å². The maximum absolute atomic E-state index is 7.63. The maximum atomic E-state index is 7.63. The Bertz CT molecular complexity index is 807. The van der Waals surface area contributed by atoms with Gasteiger partial charge in [-0.15, -0.1) is 0 Å². The summed E-state index contributed by atoms with van der Waals surface area (Å²) < 4.78 is 7.16. The van der Waals surface area contributed by atoms with Gasteiger partial charge in [0, 0.05) is 5.39 Å². The van der Waals surface area contributed by atoms with E-state index in [1.165, 1.54) is 0 Å². The molecule has 106 valence electrons. The van der Waals surface area contributed by atoms with E-state index in [-0.39, 0.29) is 5.84 Å². The van der Waals surface area contributed by atoms with E-state index in [2.05, 4.69) is 5.10 Å². The second kappa shape index (κ2) is 5.28. The first-order valence-electron chi connectivity index (χ1n) is 6.61. The summed E-state index contributed by atoms with van der Waals surface area (Å²) in [5.41, 5.74) is 8.31. The van der Waals surface area contributed by atoms with E-state index in [1.54, 1.807) is 7.11 Å². The quantitative estimate of drug-likeness (QED) is 0.569. The van der Waals surface area contributed by atoms with Crippen LogP contribution in [0.25, 0.3) is 10.9 Å². The van der Waals surface area contributed by atoms with Crippen LogP contribution in [0.15, 0.2) is 48.7 Å². The molecule has 3 rings (SSSR count). The molecule has 0 unspecified atom stereocenters. The van der Waals surface area contributed by atoms with Crippen molar-refractivity contribution in [1.82, 2.24) is 9.78 Å². The number of methoxy groups -OCH3 is 1. The summed E-state index contributed by atoms with van der Waals surface area (Å²) in [6.07, 6.45) is 1.85. The zero-order valence-electron chi connectivity index (χ0n) is 11.7. The van der Waals surface area contributed by atoms with Gasteiger partial charge >= 0.3 is 0 Å². The molecule has 0 aliphatic heterocycles. The highest BCUT2D eigenvalue weighted by molar-refractivity contribution is 5.97. The minimum atomic E-state index is -0.000904. The molecular formula is C16H16N4O. The highest BCUT2D eigenvalue weighted by Gasteiger charge is 2.09. The average molecular weight is 280 g/mol. The molecule has 2 aromatic carbocycles. The number of nitrogens with one attached hydrogen (secondary N) is 1. The van der Waals surface area contributed by atoms with Gasteiger partial charge in [0.05, 0.1) is 30.9 Å². The smallest absolute Gasteiger partial charge is 0.129 e. The zero-order chi connectivity index (χ0) is 14.8. The largest absolute Gasteiger partial charge is 0.496 e. The molecular weight excluding hydrogens is 264 g/mol. The molecule has 0 amide bonds. The number of fused-ring (bicyclic) bond motifs is 1. The molecule has 3 aromatic rings. The normalized spacial score (nSPS) is 10.7. The number of ether oxygens (including phenoxy) is 1. The van der Waals surface area contributed by atoms with Crippen molar-refractivity contribution in [3.8, 4) is 5.75 Å². The first kappa shape index (κ1) is 13.2. The van der Waals surface area contributed by atoms with Gasteiger partial charge in [0.1, 0.15) is 11.6 Å². The molecule has 0 aliphatic carbocycles. The summed E-state index contributed by atoms with van der Waals surface area (Å²) in [6, 6.07) is 13.7. The number of nitrogens with two attached hydrogens (primary N) is 1. The van der Waals surface area contributed by atoms with Crippen LogP contribution in [-0.4, -0.2) is 22.7 Å². The minimum Gasteiger partial charge on any atom is -0.496 e. The molecule has 0 fully saturated rings. The fourth-order valence-electron chi connectivity index (χ4n) is 2.39. The monoisotopic (exact) mass is 280 g/mol. The molecule has 0 aliphatic rings. The predicted molar refractivity (Wildman–Crippen MR) is 82.8 cm³/mol. The summed E-state index contributed by atoms with van der Waals surface area (Å²) in [6.45, 7) is 0.623. The number of benzene rings is 2. The lowest BCUT2D eigenvalue weighted by Gasteiger charge is -2.10. The number of aromatic nitrogens is 2. The molecule has 3 N–H and O–H groups in total. The van der Waals surface area contributed by atoms with Crippen LogP contribution in [0, 0.1) is 5.41 Å². The topological polar surface area (TPSA) is 76.9 Å². The van der Waals surface area contributed by atoms with E-state index in [9.17, 15) is 0 Å². The molecule has 0 atom stereocenters. The Balaban J connectivity index is 1.98. The summed E-state index contributed by atoms with van der Waals surface area (Å²) in [5.74, 6) is 0.607. The molecule has 21 heavy (non-hydrogen) atoms. The van der Waals surface area contributed by atoms with Crippen LogP contribution in [0.3, 0.4) is 0 Å². The number of nitrogen functional groups attached to an aromatic ring is 1. The third kappa shape index (κ3) is 2.45. The van der Waals surface area contributed by atoms with Crippen molar-refractivity contribution in [2.24, 2.45) is 5.73 Å². The van der Waals surface area contributed by atoms with E-state index in [0.717, 1.165) is 16.5 Å². The Kier molecular flexibility index (Phi) is 3.31. The first-order valence-corrected chi connectivity index (χ1v) is 6.61. The van der Waals surface area contributed by atoms with Crippen molar-refractivity contribution in [2.45, 2.75) is 6.54 Å². The minimum absolute atomic E-state index is 0.000904. The first-order chi connectivity index (χ1) is 10.2. The maximum Gasteiger partial charge on any atom is 0.129 e. The molecule has 1 heterocycles. The lowest BCUT2D eigenvalue weighted by Crippen LogP contribution is -2.13. The summed E-state index contributed by atoms with van der Waals surface area (Å²) >= 11 is 0. The number of amidine groups is 1. The van der Waals surface area contributed by atoms with Crippen LogP contribution in [0.2, 0.25) is 0 Å². The number of para-hydroxylation sites is 1. The highest BCUT2D eigenvalue weighted by Crippen LogP contribution is 2.21. The average Bonchev–Trinajstić information content (AvgIpc) is 2.90. The Morgan fingerprint density at radius 3 is 2.86 bits per heavy atom. The van der Waals surface area contributed by atoms with Gasteiger partial charge in [-0.25, -0.2) is 0 Å². The van der Waals surface area contributed by atoms with Crippen molar-refractivity contribution < 1.29 is 4.74 Å². The van der Waals surface area contributed by atoms with Crippen molar-refractivity contribution >= 4 is 16.7 Å². The van der Waals surface area contributed by atoms with E-state index in [1.807, 2.05) is 53.3 Å². The zero-order valence-corrected chi connectivity index (χ0v) is 11.7. The predicted octanol–water partition coefficient (Wildman–Crippen LogP) is 2.38. The van der Waals surface area contributed by atoms with Crippen LogP contribution in [0.1, 0.15) is 11.1 Å². The molecule has 1 aromatic heterocycles. The van der Waals surface area contributed by atoms with E-state index in [0.29, 0.717) is 17.9 Å². The second-order valence-corrected chi connectivity index (χ2v) is 4.81. The Morgan fingerprint density at radius 1 is 1.29 bits per heavy atom. The number of nitrogens with zero attached hydrogens (tertiary/aromatic N) is 2. The van der Waals surface area contributed by atoms with E-state index in [4.69, 9.17) is 15.9 Å². The lowest BCUT2D eigenvalue weighted by molar-refractivity contribution is 0.413. The molecule has 5 nitrogen and oxygen atoms in total. The summed E-state index contributed by atoms with van der Waals surface area (Å²) in [5, 5.41) is 13.1. The molecule has 0 bridgehead atoms. The van der Waals surface area contributed by atoms with Gasteiger partial charge in [0.25, 0.3) is 0 Å². The Hall–Kier alpha value is -2.82. The molecule has 0 spiro atoms. The van der Waals surface area contributed by atoms with Gasteiger partial charge in [-0.3, -0.25) is 10.1 Å². The van der Waals surface area contributed by atoms with Crippen LogP contribution in [0.5, 0.6) is 5.75 Å². The number of hydrogen-bond acceptors (Lipinski definition) is 3. The molecule has 0 radical (unpaired) electrons. The van der Waals surface area contributed by atoms with E-state index >= 15 is 0 Å². The van der Waals surface area contributed by atoms with Gasteiger partial charge < -0.3 is 10.5 Å². The summed E-state index contributed by atoms with van der Waals surface area (Å²) in [7, 11) is 1.57. The third-order valence-electron chi connectivity index (χ3n) is 3.44. The van der Waals surface area contributed by atoms with Crippen LogP contribution < -0.4 is 10.5 Å². The SMILES string of the molecule is COc1ccc(Cn2ncc3ccccc32)cc1C(=N)N. The van der Waals surface area contributed by atoms with Gasteiger partial charge in [0.2, 0.25) is 0 Å². The van der Waals surface area contributed by atoms with Crippen molar-refractivity contribution in [3.05, 3.63) is 59.8 Å². The van der Waals surface area contributed by atoms with E-state index < -0.39 is 0 Å². The van der Waals surface area contributed by atoms with Crippen LogP contribution in [0.4, 0.5) is 0 Å². The third-order valence-corrected chi connectivity index (χ3v) is 3.44. The molecule has 5 heteroatoms. The molecule has 0 saturated heterocycles. The summed E-state index contributed by atoms with van der Waals surface area (Å²) in [4.78, 5) is 0. The van der Waals surface area contributed by atoms with Crippen molar-refractivity contribution in [3.63, 3.8) is 0 Å². The second-order valence-electron chi connectivity index (χ2n) is 4.81. The Morgan fingerprint density at radius 2 is 2.10 bits per heavy atom. The fourth-order valence-corrected chi connectivity index (χ4v) is 2.39. The van der Waals surface area contributed by atoms with Crippen molar-refractivity contribution in [2.75, 3.05) is 7.11 Å². The van der Waals surface area contributed by atoms with Crippen molar-refractivity contribution in [1.29, 1.82) is 5.41 Å². The van der Waals surface area contributed by atoms with Crippen LogP contribution in [-0.2, 0) is 6.54 Å². The van der Waals surface area contributed by atoms with Gasteiger partial charge in [0.15, 0.2) is 0 Å².